The van der Waals surface area contributed by atoms with Gasteiger partial charge in [0.05, 0.1) is 5.56 Å². The van der Waals surface area contributed by atoms with E-state index in [2.05, 4.69) is 88.4 Å². The van der Waals surface area contributed by atoms with E-state index in [9.17, 15) is 4.79 Å². The summed E-state index contributed by atoms with van der Waals surface area (Å²) < 4.78 is 5.50. The fourth-order valence-electron chi connectivity index (χ4n) is 4.81. The van der Waals surface area contributed by atoms with E-state index in [1.54, 1.807) is 12.1 Å². The first kappa shape index (κ1) is 26.4. The van der Waals surface area contributed by atoms with Gasteiger partial charge in [-0.15, -0.1) is 0 Å². The average Bonchev–Trinajstić information content (AvgIpc) is 2.89. The Bertz CT molecular complexity index is 1200. The standard InChI is InChI=1S/C35H38O2/c1-25(2)22-27-10-16-30(17-11-27)34(31-18-12-28(13-19-31)23-26(3)4)24-29-14-20-32(21-15-29)35(36)37-33-8-6-5-7-9-33/h5-21,25-26,34H,22-24H2,1-4H3. The number of rotatable bonds is 10. The molecular weight excluding hydrogens is 452 g/mol. The van der Waals surface area contributed by atoms with Gasteiger partial charge in [0.2, 0.25) is 0 Å². The summed E-state index contributed by atoms with van der Waals surface area (Å²) in [5, 5.41) is 0. The Morgan fingerprint density at radius 3 is 1.46 bits per heavy atom. The highest BCUT2D eigenvalue weighted by Gasteiger charge is 2.17. The van der Waals surface area contributed by atoms with E-state index in [-0.39, 0.29) is 11.9 Å². The Morgan fingerprint density at radius 1 is 0.568 bits per heavy atom. The number of carbonyl (C=O) groups is 1. The minimum absolute atomic E-state index is 0.239. The molecule has 0 aliphatic rings. The van der Waals surface area contributed by atoms with Gasteiger partial charge in [0.15, 0.2) is 0 Å². The Hall–Kier alpha value is -3.65. The maximum absolute atomic E-state index is 12.6. The van der Waals surface area contributed by atoms with E-state index in [1.807, 2.05) is 30.3 Å². The third kappa shape index (κ3) is 7.67. The van der Waals surface area contributed by atoms with Crippen LogP contribution in [0.1, 0.15) is 71.8 Å². The molecule has 37 heavy (non-hydrogen) atoms. The third-order valence-corrected chi connectivity index (χ3v) is 6.64. The van der Waals surface area contributed by atoms with Gasteiger partial charge in [-0.2, -0.15) is 0 Å². The lowest BCUT2D eigenvalue weighted by atomic mass is 9.84. The van der Waals surface area contributed by atoms with Crippen LogP contribution >= 0.6 is 0 Å². The minimum atomic E-state index is -0.337. The summed E-state index contributed by atoms with van der Waals surface area (Å²) in [5.74, 6) is 1.74. The van der Waals surface area contributed by atoms with E-state index in [4.69, 9.17) is 4.74 Å². The van der Waals surface area contributed by atoms with Crippen LogP contribution in [0.4, 0.5) is 0 Å². The molecule has 0 aromatic heterocycles. The highest BCUT2D eigenvalue weighted by molar-refractivity contribution is 5.91. The van der Waals surface area contributed by atoms with Gasteiger partial charge in [0.25, 0.3) is 0 Å². The molecule has 0 saturated carbocycles. The quantitative estimate of drug-likeness (QED) is 0.164. The van der Waals surface area contributed by atoms with Gasteiger partial charge in [-0.1, -0.05) is 107 Å². The van der Waals surface area contributed by atoms with Crippen molar-refractivity contribution in [1.82, 2.24) is 0 Å². The van der Waals surface area contributed by atoms with E-state index in [1.165, 1.54) is 27.8 Å². The zero-order valence-electron chi connectivity index (χ0n) is 22.5. The van der Waals surface area contributed by atoms with Crippen molar-refractivity contribution in [3.05, 3.63) is 137 Å². The first-order valence-electron chi connectivity index (χ1n) is 13.4. The zero-order valence-corrected chi connectivity index (χ0v) is 22.5. The number of carbonyl (C=O) groups excluding carboxylic acids is 1. The molecule has 0 aliphatic heterocycles. The van der Waals surface area contributed by atoms with E-state index < -0.39 is 0 Å². The maximum atomic E-state index is 12.6. The second-order valence-electron chi connectivity index (χ2n) is 10.8. The number of benzene rings is 4. The van der Waals surface area contributed by atoms with E-state index in [0.29, 0.717) is 23.1 Å². The summed E-state index contributed by atoms with van der Waals surface area (Å²) in [4.78, 5) is 12.6. The van der Waals surface area contributed by atoms with Crippen LogP contribution in [0.15, 0.2) is 103 Å². The third-order valence-electron chi connectivity index (χ3n) is 6.64. The minimum Gasteiger partial charge on any atom is -0.423 e. The molecular formula is C35H38O2. The summed E-state index contributed by atoms with van der Waals surface area (Å²) in [6.07, 6.45) is 3.05. The molecule has 0 spiro atoms. The molecule has 0 radical (unpaired) electrons. The number of esters is 1. The monoisotopic (exact) mass is 490 g/mol. The first-order chi connectivity index (χ1) is 17.9. The number of hydrogen-bond donors (Lipinski definition) is 0. The van der Waals surface area contributed by atoms with Crippen LogP contribution in [0.3, 0.4) is 0 Å². The highest BCUT2D eigenvalue weighted by atomic mass is 16.5. The molecule has 0 N–H and O–H groups in total. The van der Waals surface area contributed by atoms with E-state index in [0.717, 1.165) is 19.3 Å². The highest BCUT2D eigenvalue weighted by Crippen LogP contribution is 2.30. The Kier molecular flexibility index (Phi) is 8.95. The van der Waals surface area contributed by atoms with Crippen LogP contribution < -0.4 is 4.74 Å². The van der Waals surface area contributed by atoms with Crippen LogP contribution in [0, 0.1) is 11.8 Å². The van der Waals surface area contributed by atoms with Gasteiger partial charge in [0.1, 0.15) is 5.75 Å². The molecule has 4 aromatic carbocycles. The number of ether oxygens (including phenoxy) is 1. The van der Waals surface area contributed by atoms with Gasteiger partial charge in [-0.3, -0.25) is 0 Å². The van der Waals surface area contributed by atoms with Gasteiger partial charge < -0.3 is 4.74 Å². The van der Waals surface area contributed by atoms with E-state index >= 15 is 0 Å². The van der Waals surface area contributed by atoms with Crippen molar-refractivity contribution in [2.45, 2.75) is 52.9 Å². The molecule has 4 rings (SSSR count). The SMILES string of the molecule is CC(C)Cc1ccc(C(Cc2ccc(C(=O)Oc3ccccc3)cc2)c2ccc(CC(C)C)cc2)cc1. The normalized spacial score (nSPS) is 11.3. The lowest BCUT2D eigenvalue weighted by Crippen LogP contribution is -2.09. The van der Waals surface area contributed by atoms with Crippen LogP contribution in [-0.2, 0) is 19.3 Å². The molecule has 0 unspecified atom stereocenters. The van der Waals surface area contributed by atoms with Crippen molar-refractivity contribution < 1.29 is 9.53 Å². The Morgan fingerprint density at radius 2 is 1.00 bits per heavy atom. The summed E-state index contributed by atoms with van der Waals surface area (Å²) >= 11 is 0. The van der Waals surface area contributed by atoms with Crippen molar-refractivity contribution in [3.8, 4) is 5.75 Å². The number of hydrogen-bond acceptors (Lipinski definition) is 2. The largest absolute Gasteiger partial charge is 0.423 e. The maximum Gasteiger partial charge on any atom is 0.343 e. The Labute approximate surface area is 222 Å². The molecule has 190 valence electrons. The zero-order chi connectivity index (χ0) is 26.2. The molecule has 2 heteroatoms. The van der Waals surface area contributed by atoms with Crippen molar-refractivity contribution >= 4 is 5.97 Å². The number of para-hydroxylation sites is 1. The second kappa shape index (κ2) is 12.5. The molecule has 2 nitrogen and oxygen atoms in total. The van der Waals surface area contributed by atoms with Crippen LogP contribution in [0.2, 0.25) is 0 Å². The van der Waals surface area contributed by atoms with Gasteiger partial charge in [-0.25, -0.2) is 4.79 Å². The predicted octanol–water partition coefficient (Wildman–Crippen LogP) is 8.68. The lowest BCUT2D eigenvalue weighted by Gasteiger charge is -2.20. The topological polar surface area (TPSA) is 26.3 Å². The molecule has 0 aliphatic carbocycles. The fraction of sp³-hybridized carbons (Fsp3) is 0.286. The molecule has 0 fully saturated rings. The summed E-state index contributed by atoms with van der Waals surface area (Å²) in [7, 11) is 0. The van der Waals surface area contributed by atoms with Gasteiger partial charge in [-0.05, 0) is 83.2 Å². The molecule has 4 aromatic rings. The first-order valence-corrected chi connectivity index (χ1v) is 13.4. The Balaban J connectivity index is 1.55. The van der Waals surface area contributed by atoms with Crippen LogP contribution in [0.5, 0.6) is 5.75 Å². The average molecular weight is 491 g/mol. The second-order valence-corrected chi connectivity index (χ2v) is 10.8. The van der Waals surface area contributed by atoms with Crippen LogP contribution in [-0.4, -0.2) is 5.97 Å². The van der Waals surface area contributed by atoms with Crippen molar-refractivity contribution in [1.29, 1.82) is 0 Å². The molecule has 0 amide bonds. The molecule has 0 atom stereocenters. The fourth-order valence-corrected chi connectivity index (χ4v) is 4.81. The van der Waals surface area contributed by atoms with Crippen molar-refractivity contribution in [2.24, 2.45) is 11.8 Å². The van der Waals surface area contributed by atoms with Crippen LogP contribution in [0.25, 0.3) is 0 Å². The van der Waals surface area contributed by atoms with Gasteiger partial charge >= 0.3 is 5.97 Å². The predicted molar refractivity (Wildman–Crippen MR) is 153 cm³/mol. The lowest BCUT2D eigenvalue weighted by molar-refractivity contribution is 0.0734. The van der Waals surface area contributed by atoms with Crippen molar-refractivity contribution in [2.75, 3.05) is 0 Å². The summed E-state index contributed by atoms with van der Waals surface area (Å²) in [6, 6.07) is 35.3. The summed E-state index contributed by atoms with van der Waals surface area (Å²) in [5.41, 5.74) is 7.14. The smallest absolute Gasteiger partial charge is 0.343 e. The molecule has 0 bridgehead atoms. The summed E-state index contributed by atoms with van der Waals surface area (Å²) in [6.45, 7) is 9.03. The molecule has 0 heterocycles. The van der Waals surface area contributed by atoms with Gasteiger partial charge in [0, 0.05) is 5.92 Å². The van der Waals surface area contributed by atoms with Crippen molar-refractivity contribution in [3.63, 3.8) is 0 Å². The molecule has 0 saturated heterocycles.